The first kappa shape index (κ1) is 38.0. The minimum absolute atomic E-state index is 0.484. The largest absolute Gasteiger partial charge is 0.309 e. The number of hydrogen-bond donors (Lipinski definition) is 0. The van der Waals surface area contributed by atoms with E-state index >= 15 is 0 Å². The molecule has 0 saturated heterocycles. The molecule has 308 valence electrons. The van der Waals surface area contributed by atoms with Crippen molar-refractivity contribution in [2.75, 3.05) is 4.90 Å². The van der Waals surface area contributed by atoms with Crippen molar-refractivity contribution < 1.29 is 0 Å². The van der Waals surface area contributed by atoms with Crippen LogP contribution in [-0.4, -0.2) is 0 Å². The molecule has 0 aliphatic heterocycles. The van der Waals surface area contributed by atoms with Crippen molar-refractivity contribution in [1.82, 2.24) is 0 Å². The predicted molar refractivity (Wildman–Crippen MR) is 277 cm³/mol. The van der Waals surface area contributed by atoms with Gasteiger partial charge in [-0.05, 0) is 119 Å². The average molecular weight is 838 g/mol. The van der Waals surface area contributed by atoms with E-state index in [1.807, 2.05) is 0 Å². The van der Waals surface area contributed by atoms with Gasteiger partial charge in [-0.25, -0.2) is 0 Å². The fourth-order valence-electron chi connectivity index (χ4n) is 11.4. The maximum Gasteiger partial charge on any atom is 0.0726 e. The molecule has 11 aromatic carbocycles. The lowest BCUT2D eigenvalue weighted by Crippen LogP contribution is -2.26. The van der Waals surface area contributed by atoms with Gasteiger partial charge in [-0.3, -0.25) is 0 Å². The van der Waals surface area contributed by atoms with Crippen molar-refractivity contribution in [2.45, 2.75) is 5.41 Å². The van der Waals surface area contributed by atoms with E-state index in [0.29, 0.717) is 0 Å². The Balaban J connectivity index is 1.14. The van der Waals surface area contributed by atoms with Crippen LogP contribution in [0.25, 0.3) is 77.5 Å². The van der Waals surface area contributed by atoms with Gasteiger partial charge in [0.15, 0.2) is 0 Å². The van der Waals surface area contributed by atoms with Crippen molar-refractivity contribution in [3.05, 3.63) is 283 Å². The summed E-state index contributed by atoms with van der Waals surface area (Å²) in [7, 11) is 0. The van der Waals surface area contributed by atoms with Crippen LogP contribution in [0.2, 0.25) is 0 Å². The quantitative estimate of drug-likeness (QED) is 0.155. The number of hydrogen-bond acceptors (Lipinski definition) is 1. The Hall–Kier alpha value is -8.52. The lowest BCUT2D eigenvalue weighted by atomic mass is 9.70. The van der Waals surface area contributed by atoms with Gasteiger partial charge >= 0.3 is 0 Å². The first-order valence-electron chi connectivity index (χ1n) is 22.9. The third kappa shape index (κ3) is 5.73. The number of benzene rings is 11. The molecular weight excluding hydrogens is 795 g/mol. The van der Waals surface area contributed by atoms with E-state index in [0.717, 1.165) is 22.6 Å². The van der Waals surface area contributed by atoms with Crippen molar-refractivity contribution in [3.63, 3.8) is 0 Å². The van der Waals surface area contributed by atoms with Gasteiger partial charge in [0.25, 0.3) is 0 Å². The normalized spacial score (nSPS) is 12.7. The monoisotopic (exact) mass is 837 g/mol. The van der Waals surface area contributed by atoms with Crippen molar-refractivity contribution in [3.8, 4) is 66.8 Å². The highest BCUT2D eigenvalue weighted by molar-refractivity contribution is 6.06. The maximum absolute atomic E-state index is 2.56. The van der Waals surface area contributed by atoms with Crippen LogP contribution in [0.5, 0.6) is 0 Å². The van der Waals surface area contributed by atoms with Gasteiger partial charge in [0.2, 0.25) is 0 Å². The van der Waals surface area contributed by atoms with Crippen molar-refractivity contribution in [2.24, 2.45) is 0 Å². The molecule has 1 spiro atoms. The number of fused-ring (bicyclic) bond motifs is 11. The van der Waals surface area contributed by atoms with Crippen LogP contribution >= 0.6 is 0 Å². The second-order valence-electron chi connectivity index (χ2n) is 17.5. The molecule has 0 aromatic heterocycles. The SMILES string of the molecule is c1ccc(-c2ccccc2-c2c(-c3ccccc3)cccc2N(c2cccc(-c3ccc4ccccc4c3)c2)c2cccc3c2-c2ccccc2C32c3ccccc3-c3ccccc32)cc1. The minimum Gasteiger partial charge on any atom is -0.309 e. The van der Waals surface area contributed by atoms with Gasteiger partial charge in [0.05, 0.1) is 16.8 Å². The Morgan fingerprint density at radius 3 is 1.39 bits per heavy atom. The van der Waals surface area contributed by atoms with Crippen molar-refractivity contribution >= 4 is 27.8 Å². The van der Waals surface area contributed by atoms with Gasteiger partial charge < -0.3 is 4.90 Å². The maximum atomic E-state index is 2.56. The lowest BCUT2D eigenvalue weighted by molar-refractivity contribution is 0.794. The summed E-state index contributed by atoms with van der Waals surface area (Å²) < 4.78 is 0. The molecule has 0 radical (unpaired) electrons. The summed E-state index contributed by atoms with van der Waals surface area (Å²) in [5.74, 6) is 0. The Morgan fingerprint density at radius 2 is 0.697 bits per heavy atom. The third-order valence-electron chi connectivity index (χ3n) is 14.1. The van der Waals surface area contributed by atoms with Crippen LogP contribution in [0.3, 0.4) is 0 Å². The standard InChI is InChI=1S/C65H43N/c1-3-21-45(22-4-1)51-28-9-10-31-55(51)63-52(46-23-5-2-6-24-46)33-18-38-61(63)66(50-27-17-26-48(43-50)49-41-40-44-20-7-8-25-47(44)42-49)62-39-19-37-60-64(62)56-32-13-16-36-59(56)65(60)57-34-14-11-29-53(57)54-30-12-15-35-58(54)65/h1-43H. The van der Waals surface area contributed by atoms with E-state index < -0.39 is 5.41 Å². The van der Waals surface area contributed by atoms with Crippen LogP contribution in [0.4, 0.5) is 17.1 Å². The molecule has 0 N–H and O–H groups in total. The second-order valence-corrected chi connectivity index (χ2v) is 17.5. The highest BCUT2D eigenvalue weighted by Crippen LogP contribution is 2.65. The highest BCUT2D eigenvalue weighted by Gasteiger charge is 2.52. The van der Waals surface area contributed by atoms with Crippen LogP contribution in [-0.2, 0) is 5.41 Å². The van der Waals surface area contributed by atoms with E-state index in [-0.39, 0.29) is 0 Å². The summed E-state index contributed by atoms with van der Waals surface area (Å²) in [5.41, 5.74) is 22.7. The molecular formula is C65H43N. The van der Waals surface area contributed by atoms with E-state index in [2.05, 4.69) is 266 Å². The summed E-state index contributed by atoms with van der Waals surface area (Å²) in [6, 6.07) is 96.5. The summed E-state index contributed by atoms with van der Waals surface area (Å²) in [5, 5.41) is 2.47. The van der Waals surface area contributed by atoms with E-state index in [4.69, 9.17) is 0 Å². The Kier molecular flexibility index (Phi) is 8.82. The first-order chi connectivity index (χ1) is 32.8. The molecule has 66 heavy (non-hydrogen) atoms. The average Bonchev–Trinajstić information content (AvgIpc) is 3.87. The lowest BCUT2D eigenvalue weighted by Gasteiger charge is -2.33. The number of anilines is 3. The van der Waals surface area contributed by atoms with E-state index in [1.165, 1.54) is 94.2 Å². The van der Waals surface area contributed by atoms with Gasteiger partial charge in [-0.2, -0.15) is 0 Å². The summed E-state index contributed by atoms with van der Waals surface area (Å²) in [6.07, 6.45) is 0. The zero-order valence-electron chi connectivity index (χ0n) is 36.3. The Morgan fingerprint density at radius 1 is 0.242 bits per heavy atom. The van der Waals surface area contributed by atoms with E-state index in [9.17, 15) is 0 Å². The molecule has 1 nitrogen and oxygen atoms in total. The highest BCUT2D eigenvalue weighted by atomic mass is 15.1. The molecule has 0 saturated carbocycles. The molecule has 0 bridgehead atoms. The van der Waals surface area contributed by atoms with Gasteiger partial charge in [0, 0.05) is 16.8 Å². The van der Waals surface area contributed by atoms with Gasteiger partial charge in [-0.1, -0.05) is 231 Å². The Labute approximate surface area is 386 Å². The smallest absolute Gasteiger partial charge is 0.0726 e. The summed E-state index contributed by atoms with van der Waals surface area (Å²) in [4.78, 5) is 2.56. The molecule has 13 rings (SSSR count). The number of rotatable bonds is 7. The zero-order chi connectivity index (χ0) is 43.6. The van der Waals surface area contributed by atoms with Crippen molar-refractivity contribution in [1.29, 1.82) is 0 Å². The molecule has 0 amide bonds. The molecule has 0 unspecified atom stereocenters. The predicted octanol–water partition coefficient (Wildman–Crippen LogP) is 17.3. The topological polar surface area (TPSA) is 3.24 Å². The molecule has 1 heteroatoms. The first-order valence-corrected chi connectivity index (χ1v) is 22.9. The summed E-state index contributed by atoms with van der Waals surface area (Å²) in [6.45, 7) is 0. The molecule has 0 fully saturated rings. The second kappa shape index (κ2) is 15.3. The third-order valence-corrected chi connectivity index (χ3v) is 14.1. The fraction of sp³-hybridized carbons (Fsp3) is 0.0154. The molecule has 0 heterocycles. The fourth-order valence-corrected chi connectivity index (χ4v) is 11.4. The van der Waals surface area contributed by atoms with Crippen LogP contribution in [0.1, 0.15) is 22.3 Å². The van der Waals surface area contributed by atoms with Gasteiger partial charge in [0.1, 0.15) is 0 Å². The van der Waals surface area contributed by atoms with Gasteiger partial charge in [-0.15, -0.1) is 0 Å². The van der Waals surface area contributed by atoms with Crippen LogP contribution in [0.15, 0.2) is 261 Å². The molecule has 0 atom stereocenters. The van der Waals surface area contributed by atoms with Crippen LogP contribution in [0, 0.1) is 0 Å². The molecule has 11 aromatic rings. The minimum atomic E-state index is -0.484. The molecule has 2 aliphatic rings. The summed E-state index contributed by atoms with van der Waals surface area (Å²) >= 11 is 0. The molecule has 2 aliphatic carbocycles. The zero-order valence-corrected chi connectivity index (χ0v) is 36.3. The van der Waals surface area contributed by atoms with E-state index in [1.54, 1.807) is 0 Å². The Bertz CT molecular complexity index is 3610. The number of nitrogens with zero attached hydrogens (tertiary/aromatic N) is 1. The van der Waals surface area contributed by atoms with Crippen LogP contribution < -0.4 is 4.90 Å².